The van der Waals surface area contributed by atoms with Gasteiger partial charge in [-0.3, -0.25) is 4.98 Å². The van der Waals surface area contributed by atoms with Gasteiger partial charge in [-0.25, -0.2) is 0 Å². The third-order valence-corrected chi connectivity index (χ3v) is 3.18. The summed E-state index contributed by atoms with van der Waals surface area (Å²) in [5.41, 5.74) is 2.50. The van der Waals surface area contributed by atoms with E-state index in [0.717, 1.165) is 18.7 Å². The van der Waals surface area contributed by atoms with Crippen LogP contribution < -0.4 is 5.32 Å². The van der Waals surface area contributed by atoms with Gasteiger partial charge >= 0.3 is 0 Å². The van der Waals surface area contributed by atoms with E-state index in [1.807, 2.05) is 6.07 Å². The van der Waals surface area contributed by atoms with Crippen LogP contribution in [0.1, 0.15) is 31.9 Å². The number of pyridine rings is 1. The third kappa shape index (κ3) is 4.37. The lowest BCUT2D eigenvalue weighted by molar-refractivity contribution is 0.424. The largest absolute Gasteiger partial charge is 0.350 e. The first-order valence-electron chi connectivity index (χ1n) is 6.42. The van der Waals surface area contributed by atoms with Crippen molar-refractivity contribution in [2.45, 2.75) is 39.4 Å². The van der Waals surface area contributed by atoms with Crippen LogP contribution in [-0.2, 0) is 13.1 Å². The first-order valence-corrected chi connectivity index (χ1v) is 6.80. The molecule has 0 amide bonds. The second-order valence-corrected chi connectivity index (χ2v) is 6.17. The van der Waals surface area contributed by atoms with Crippen molar-refractivity contribution in [2.75, 3.05) is 0 Å². The fourth-order valence-electron chi connectivity index (χ4n) is 1.79. The van der Waals surface area contributed by atoms with E-state index in [-0.39, 0.29) is 5.54 Å². The number of rotatable bonds is 4. The highest BCUT2D eigenvalue weighted by Crippen LogP contribution is 2.15. The van der Waals surface area contributed by atoms with Gasteiger partial charge in [-0.15, -0.1) is 0 Å². The van der Waals surface area contributed by atoms with E-state index in [9.17, 15) is 0 Å². The number of nitrogens with one attached hydrogen (secondary N) is 1. The van der Waals surface area contributed by atoms with Gasteiger partial charge in [-0.05, 0) is 44.0 Å². The minimum absolute atomic E-state index is 0.135. The predicted octanol–water partition coefficient (Wildman–Crippen LogP) is 3.47. The lowest BCUT2D eigenvalue weighted by atomic mass is 10.1. The average molecular weight is 278 g/mol. The molecule has 1 N–H and O–H groups in total. The maximum absolute atomic E-state index is 6.11. The molecule has 2 aromatic rings. The van der Waals surface area contributed by atoms with Crippen LogP contribution in [0.3, 0.4) is 0 Å². The fraction of sp³-hybridized carbons (Fsp3) is 0.400. The third-order valence-electron chi connectivity index (χ3n) is 2.84. The molecule has 102 valence electrons. The number of halogens is 1. The van der Waals surface area contributed by atoms with Gasteiger partial charge in [0.05, 0.1) is 5.02 Å². The second-order valence-electron chi connectivity index (χ2n) is 5.76. The molecule has 0 aliphatic rings. The minimum Gasteiger partial charge on any atom is -0.350 e. The standard InChI is InChI=1S/C15H20ClN3/c1-15(2,3)18-8-12-5-7-19(10-12)11-13-4-6-17-9-14(13)16/h4-7,9-10,18H,8,11H2,1-3H3. The van der Waals surface area contributed by atoms with E-state index in [0.29, 0.717) is 5.02 Å². The Morgan fingerprint density at radius 1 is 1.32 bits per heavy atom. The number of hydrogen-bond donors (Lipinski definition) is 1. The predicted molar refractivity (Wildman–Crippen MR) is 79.4 cm³/mol. The van der Waals surface area contributed by atoms with Gasteiger partial charge in [0, 0.05) is 43.4 Å². The maximum atomic E-state index is 6.11. The molecule has 19 heavy (non-hydrogen) atoms. The molecule has 0 spiro atoms. The summed E-state index contributed by atoms with van der Waals surface area (Å²) in [6.45, 7) is 8.15. The maximum Gasteiger partial charge on any atom is 0.0639 e. The second kappa shape index (κ2) is 5.76. The van der Waals surface area contributed by atoms with Crippen LogP contribution >= 0.6 is 11.6 Å². The van der Waals surface area contributed by atoms with Crippen molar-refractivity contribution in [3.05, 3.63) is 53.1 Å². The molecule has 2 rings (SSSR count). The van der Waals surface area contributed by atoms with Gasteiger partial charge in [0.1, 0.15) is 0 Å². The molecule has 0 atom stereocenters. The van der Waals surface area contributed by atoms with Gasteiger partial charge in [-0.2, -0.15) is 0 Å². The normalized spacial score (nSPS) is 11.8. The molecule has 2 aromatic heterocycles. The number of hydrogen-bond acceptors (Lipinski definition) is 2. The molecule has 0 fully saturated rings. The molecule has 0 saturated carbocycles. The molecule has 0 aliphatic heterocycles. The Morgan fingerprint density at radius 2 is 2.11 bits per heavy atom. The van der Waals surface area contributed by atoms with Gasteiger partial charge in [-0.1, -0.05) is 11.6 Å². The highest BCUT2D eigenvalue weighted by atomic mass is 35.5. The molecule has 2 heterocycles. The molecule has 0 aliphatic carbocycles. The van der Waals surface area contributed by atoms with Gasteiger partial charge < -0.3 is 9.88 Å². The van der Waals surface area contributed by atoms with Crippen molar-refractivity contribution >= 4 is 11.6 Å². The van der Waals surface area contributed by atoms with Gasteiger partial charge in [0.2, 0.25) is 0 Å². The zero-order valence-corrected chi connectivity index (χ0v) is 12.4. The molecule has 0 aromatic carbocycles. The first kappa shape index (κ1) is 14.1. The topological polar surface area (TPSA) is 29.9 Å². The van der Waals surface area contributed by atoms with Crippen molar-refractivity contribution in [1.82, 2.24) is 14.9 Å². The smallest absolute Gasteiger partial charge is 0.0639 e. The quantitative estimate of drug-likeness (QED) is 0.927. The van der Waals surface area contributed by atoms with Crippen molar-refractivity contribution in [2.24, 2.45) is 0 Å². The number of nitrogens with zero attached hydrogens (tertiary/aromatic N) is 2. The molecular weight excluding hydrogens is 258 g/mol. The Balaban J connectivity index is 2.00. The molecule has 4 heteroatoms. The molecule has 0 bridgehead atoms. The van der Waals surface area contributed by atoms with E-state index in [1.54, 1.807) is 12.4 Å². The van der Waals surface area contributed by atoms with Crippen LogP contribution in [0, 0.1) is 0 Å². The van der Waals surface area contributed by atoms with Crippen LogP contribution in [-0.4, -0.2) is 15.1 Å². The van der Waals surface area contributed by atoms with Crippen LogP contribution in [0.4, 0.5) is 0 Å². The summed E-state index contributed by atoms with van der Waals surface area (Å²) in [6.07, 6.45) is 7.68. The van der Waals surface area contributed by atoms with Crippen LogP contribution in [0.2, 0.25) is 5.02 Å². The molecular formula is C15H20ClN3. The van der Waals surface area contributed by atoms with Crippen LogP contribution in [0.25, 0.3) is 0 Å². The molecule has 0 unspecified atom stereocenters. The summed E-state index contributed by atoms with van der Waals surface area (Å²) in [5.74, 6) is 0. The monoisotopic (exact) mass is 277 g/mol. The molecule has 0 radical (unpaired) electrons. The highest BCUT2D eigenvalue weighted by molar-refractivity contribution is 6.31. The van der Waals surface area contributed by atoms with Gasteiger partial charge in [0.15, 0.2) is 0 Å². The van der Waals surface area contributed by atoms with E-state index >= 15 is 0 Å². The van der Waals surface area contributed by atoms with Crippen molar-refractivity contribution in [3.63, 3.8) is 0 Å². The SMILES string of the molecule is CC(C)(C)NCc1ccn(Cc2ccncc2Cl)c1. The van der Waals surface area contributed by atoms with Crippen molar-refractivity contribution in [1.29, 1.82) is 0 Å². The lowest BCUT2D eigenvalue weighted by Gasteiger charge is -2.19. The van der Waals surface area contributed by atoms with Crippen LogP contribution in [0.5, 0.6) is 0 Å². The van der Waals surface area contributed by atoms with Gasteiger partial charge in [0.25, 0.3) is 0 Å². The zero-order chi connectivity index (χ0) is 13.9. The van der Waals surface area contributed by atoms with Crippen molar-refractivity contribution in [3.8, 4) is 0 Å². The summed E-state index contributed by atoms with van der Waals surface area (Å²) in [5, 5.41) is 4.19. The Hall–Kier alpha value is -1.32. The van der Waals surface area contributed by atoms with E-state index in [1.165, 1.54) is 5.56 Å². The summed E-state index contributed by atoms with van der Waals surface area (Å²) >= 11 is 6.11. The highest BCUT2D eigenvalue weighted by Gasteiger charge is 2.09. The summed E-state index contributed by atoms with van der Waals surface area (Å²) in [6, 6.07) is 4.09. The Bertz CT molecular complexity index is 540. The van der Waals surface area contributed by atoms with Crippen molar-refractivity contribution < 1.29 is 0 Å². The van der Waals surface area contributed by atoms with Crippen LogP contribution in [0.15, 0.2) is 36.9 Å². The Labute approximate surface area is 119 Å². The first-order chi connectivity index (χ1) is 8.94. The molecule has 3 nitrogen and oxygen atoms in total. The molecule has 0 saturated heterocycles. The summed E-state index contributed by atoms with van der Waals surface area (Å²) < 4.78 is 2.14. The fourth-order valence-corrected chi connectivity index (χ4v) is 1.97. The Kier molecular flexibility index (Phi) is 4.27. The summed E-state index contributed by atoms with van der Waals surface area (Å²) in [4.78, 5) is 4.00. The van der Waals surface area contributed by atoms with E-state index in [4.69, 9.17) is 11.6 Å². The zero-order valence-electron chi connectivity index (χ0n) is 11.7. The average Bonchev–Trinajstić information content (AvgIpc) is 2.77. The Morgan fingerprint density at radius 3 is 2.79 bits per heavy atom. The number of aromatic nitrogens is 2. The lowest BCUT2D eigenvalue weighted by Crippen LogP contribution is -2.34. The minimum atomic E-state index is 0.135. The summed E-state index contributed by atoms with van der Waals surface area (Å²) in [7, 11) is 0. The van der Waals surface area contributed by atoms with E-state index < -0.39 is 0 Å². The van der Waals surface area contributed by atoms with E-state index in [2.05, 4.69) is 54.1 Å².